The van der Waals surface area contributed by atoms with Gasteiger partial charge in [0.05, 0.1) is 6.26 Å². The molecular weight excluding hydrogens is 351 g/mol. The van der Waals surface area contributed by atoms with Gasteiger partial charge < -0.3 is 5.32 Å². The van der Waals surface area contributed by atoms with Crippen LogP contribution in [0.4, 0.5) is 4.39 Å². The van der Waals surface area contributed by atoms with E-state index >= 15 is 0 Å². The van der Waals surface area contributed by atoms with Gasteiger partial charge in [0.25, 0.3) is 0 Å². The predicted octanol–water partition coefficient (Wildman–Crippen LogP) is 1.99. The maximum absolute atomic E-state index is 13.5. The lowest BCUT2D eigenvalue weighted by atomic mass is 10.0. The van der Waals surface area contributed by atoms with Gasteiger partial charge in [-0.3, -0.25) is 4.79 Å². The van der Waals surface area contributed by atoms with E-state index < -0.39 is 16.1 Å². The van der Waals surface area contributed by atoms with Gasteiger partial charge in [-0.25, -0.2) is 12.8 Å². The summed E-state index contributed by atoms with van der Waals surface area (Å²) in [4.78, 5) is 12.3. The average molecular weight is 375 g/mol. The quantitative estimate of drug-likeness (QED) is 0.741. The minimum absolute atomic E-state index is 0.222. The number of carbonyl (C=O) groups is 1. The van der Waals surface area contributed by atoms with Crippen molar-refractivity contribution in [3.05, 3.63) is 35.6 Å². The van der Waals surface area contributed by atoms with Gasteiger partial charge in [0.1, 0.15) is 11.9 Å². The Morgan fingerprint density at radius 2 is 2.12 bits per heavy atom. The fourth-order valence-corrected chi connectivity index (χ4v) is 4.69. The number of nitrogens with zero attached hydrogens (tertiary/aromatic N) is 1. The van der Waals surface area contributed by atoms with Crippen LogP contribution in [-0.4, -0.2) is 49.8 Å². The van der Waals surface area contributed by atoms with Crippen molar-refractivity contribution in [3.63, 3.8) is 0 Å². The summed E-state index contributed by atoms with van der Waals surface area (Å²) in [6.45, 7) is 0.838. The fourth-order valence-electron chi connectivity index (χ4n) is 2.73. The molecule has 1 atom stereocenters. The minimum Gasteiger partial charge on any atom is -0.354 e. The van der Waals surface area contributed by atoms with Crippen LogP contribution in [0, 0.1) is 5.82 Å². The summed E-state index contributed by atoms with van der Waals surface area (Å²) in [5.41, 5.74) is 0.643. The molecule has 8 heteroatoms. The molecule has 0 bridgehead atoms. The molecule has 0 spiro atoms. The molecule has 1 N–H and O–H groups in total. The lowest BCUT2D eigenvalue weighted by Gasteiger charge is -2.32. The first-order chi connectivity index (χ1) is 11.4. The summed E-state index contributed by atoms with van der Waals surface area (Å²) in [5, 5.41) is 2.80. The Bertz CT molecular complexity index is 667. The van der Waals surface area contributed by atoms with Crippen LogP contribution in [0.5, 0.6) is 0 Å². The Labute approximate surface area is 147 Å². The predicted molar refractivity (Wildman–Crippen MR) is 94.8 cm³/mol. The summed E-state index contributed by atoms with van der Waals surface area (Å²) in [6.07, 6.45) is 3.34. The minimum atomic E-state index is -3.37. The molecule has 0 radical (unpaired) electrons. The number of thioether (sulfide) groups is 1. The number of hydrogen-bond acceptors (Lipinski definition) is 4. The Kier molecular flexibility index (Phi) is 7.06. The molecule has 0 saturated carbocycles. The zero-order valence-electron chi connectivity index (χ0n) is 13.7. The van der Waals surface area contributed by atoms with Crippen LogP contribution in [0.3, 0.4) is 0 Å². The third-order valence-electron chi connectivity index (χ3n) is 3.94. The van der Waals surface area contributed by atoms with Crippen LogP contribution in [0.15, 0.2) is 24.3 Å². The normalized spacial score (nSPS) is 19.2. The first kappa shape index (κ1) is 19.2. The van der Waals surface area contributed by atoms with Gasteiger partial charge in [-0.2, -0.15) is 16.1 Å². The average Bonchev–Trinajstić information content (AvgIpc) is 2.55. The first-order valence-electron chi connectivity index (χ1n) is 7.95. The number of sulfonamides is 1. The molecule has 0 aliphatic carbocycles. The number of piperidine rings is 1. The highest BCUT2D eigenvalue weighted by Crippen LogP contribution is 2.20. The van der Waals surface area contributed by atoms with Gasteiger partial charge in [0, 0.05) is 24.6 Å². The molecule has 2 rings (SSSR count). The van der Waals surface area contributed by atoms with Crippen LogP contribution in [0.1, 0.15) is 24.8 Å². The number of carbonyl (C=O) groups excluding carboxylic acids is 1. The van der Waals surface area contributed by atoms with Crippen molar-refractivity contribution in [1.82, 2.24) is 9.62 Å². The number of hydrogen-bond donors (Lipinski definition) is 1. The number of amides is 1. The second-order valence-corrected chi connectivity index (χ2v) is 8.86. The Balaban J connectivity index is 1.75. The summed E-state index contributed by atoms with van der Waals surface area (Å²) < 4.78 is 38.3. The highest BCUT2D eigenvalue weighted by Gasteiger charge is 2.34. The van der Waals surface area contributed by atoms with Gasteiger partial charge in [-0.15, -0.1) is 0 Å². The van der Waals surface area contributed by atoms with Gasteiger partial charge in [-0.05, 0) is 24.5 Å². The van der Waals surface area contributed by atoms with E-state index in [1.54, 1.807) is 18.2 Å². The monoisotopic (exact) mass is 374 g/mol. The van der Waals surface area contributed by atoms with E-state index in [4.69, 9.17) is 0 Å². The largest absolute Gasteiger partial charge is 0.354 e. The standard InChI is InChI=1S/C16H23FN2O3S2/c1-24(21,22)19-10-5-4-8-15(19)16(20)18-9-11-23-12-13-6-2-3-7-14(13)17/h2-3,6-7,15H,4-5,8-12H2,1H3,(H,18,20). The molecule has 1 aromatic rings. The van der Waals surface area contributed by atoms with Crippen molar-refractivity contribution in [2.75, 3.05) is 25.1 Å². The topological polar surface area (TPSA) is 66.5 Å². The lowest BCUT2D eigenvalue weighted by molar-refractivity contribution is -0.125. The maximum atomic E-state index is 13.5. The lowest BCUT2D eigenvalue weighted by Crippen LogP contribution is -2.51. The van der Waals surface area contributed by atoms with Crippen LogP contribution in [0.25, 0.3) is 0 Å². The summed E-state index contributed by atoms with van der Waals surface area (Å²) >= 11 is 1.53. The zero-order valence-corrected chi connectivity index (χ0v) is 15.3. The van der Waals surface area contributed by atoms with Crippen molar-refractivity contribution in [1.29, 1.82) is 0 Å². The van der Waals surface area contributed by atoms with Gasteiger partial charge in [0.15, 0.2) is 0 Å². The molecule has 1 unspecified atom stereocenters. The molecule has 1 saturated heterocycles. The summed E-state index contributed by atoms with van der Waals surface area (Å²) in [5.74, 6) is 0.722. The molecule has 1 fully saturated rings. The maximum Gasteiger partial charge on any atom is 0.238 e. The molecule has 24 heavy (non-hydrogen) atoms. The second-order valence-electron chi connectivity index (χ2n) is 5.82. The summed E-state index contributed by atoms with van der Waals surface area (Å²) in [6, 6.07) is 6.02. The molecule has 5 nitrogen and oxygen atoms in total. The van der Waals surface area contributed by atoms with Crippen LogP contribution < -0.4 is 5.32 Å². The fraction of sp³-hybridized carbons (Fsp3) is 0.562. The van der Waals surface area contributed by atoms with Gasteiger partial charge in [-0.1, -0.05) is 24.6 Å². The molecule has 1 aliphatic heterocycles. The van der Waals surface area contributed by atoms with E-state index in [0.717, 1.165) is 19.1 Å². The Morgan fingerprint density at radius 3 is 2.83 bits per heavy atom. The summed E-state index contributed by atoms with van der Waals surface area (Å²) in [7, 11) is -3.37. The third-order valence-corrected chi connectivity index (χ3v) is 6.24. The van der Waals surface area contributed by atoms with Crippen molar-refractivity contribution in [2.45, 2.75) is 31.1 Å². The smallest absolute Gasteiger partial charge is 0.238 e. The van der Waals surface area contributed by atoms with Crippen LogP contribution in [0.2, 0.25) is 0 Å². The zero-order chi connectivity index (χ0) is 17.6. The number of benzene rings is 1. The SMILES string of the molecule is CS(=O)(=O)N1CCCCC1C(=O)NCCSCc1ccccc1F. The first-order valence-corrected chi connectivity index (χ1v) is 11.0. The molecule has 1 heterocycles. The van der Waals surface area contributed by atoms with Crippen molar-refractivity contribution in [2.24, 2.45) is 0 Å². The van der Waals surface area contributed by atoms with Crippen molar-refractivity contribution >= 4 is 27.7 Å². The van der Waals surface area contributed by atoms with Crippen LogP contribution in [-0.2, 0) is 20.6 Å². The van der Waals surface area contributed by atoms with Gasteiger partial charge in [0.2, 0.25) is 15.9 Å². The highest BCUT2D eigenvalue weighted by molar-refractivity contribution is 7.98. The number of rotatable bonds is 7. The van der Waals surface area contributed by atoms with Crippen molar-refractivity contribution in [3.8, 4) is 0 Å². The second kappa shape index (κ2) is 8.82. The van der Waals surface area contributed by atoms with E-state index in [2.05, 4.69) is 5.32 Å². The Morgan fingerprint density at radius 1 is 1.38 bits per heavy atom. The van der Waals surface area contributed by atoms with E-state index in [1.165, 1.54) is 22.1 Å². The molecule has 0 aromatic heterocycles. The van der Waals surface area contributed by atoms with E-state index in [1.807, 2.05) is 0 Å². The van der Waals surface area contributed by atoms with Crippen molar-refractivity contribution < 1.29 is 17.6 Å². The molecular formula is C16H23FN2O3S2. The van der Waals surface area contributed by atoms with Gasteiger partial charge >= 0.3 is 0 Å². The molecule has 1 amide bonds. The van der Waals surface area contributed by atoms with E-state index in [0.29, 0.717) is 36.6 Å². The molecule has 1 aliphatic rings. The molecule has 1 aromatic carbocycles. The third kappa shape index (κ3) is 5.46. The Hall–Kier alpha value is -1.12. The van der Waals surface area contributed by atoms with Crippen LogP contribution >= 0.6 is 11.8 Å². The highest BCUT2D eigenvalue weighted by atomic mass is 32.2. The number of halogens is 1. The van der Waals surface area contributed by atoms with E-state index in [-0.39, 0.29) is 11.7 Å². The molecule has 134 valence electrons. The van der Waals surface area contributed by atoms with E-state index in [9.17, 15) is 17.6 Å². The number of nitrogens with one attached hydrogen (secondary N) is 1.